The van der Waals surface area contributed by atoms with Crippen LogP contribution in [0.15, 0.2) is 34.3 Å². The summed E-state index contributed by atoms with van der Waals surface area (Å²) in [6.45, 7) is 9.32. The molecule has 0 aliphatic heterocycles. The molecule has 2 heterocycles. The summed E-state index contributed by atoms with van der Waals surface area (Å²) in [6.07, 6.45) is 6.59. The molecule has 23 heavy (non-hydrogen) atoms. The maximum absolute atomic E-state index is 5.31. The highest BCUT2D eigenvalue weighted by Crippen LogP contribution is 2.14. The molecular weight excluding hydrogens is 292 g/mol. The molecule has 0 aromatic carbocycles. The minimum atomic E-state index is 0.367. The van der Waals surface area contributed by atoms with Gasteiger partial charge in [0.2, 0.25) is 0 Å². The van der Waals surface area contributed by atoms with E-state index in [1.165, 1.54) is 0 Å². The van der Waals surface area contributed by atoms with Crippen LogP contribution < -0.4 is 10.6 Å². The summed E-state index contributed by atoms with van der Waals surface area (Å²) in [6, 6.07) is 1.97. The van der Waals surface area contributed by atoms with Crippen LogP contribution in [0.2, 0.25) is 0 Å². The Bertz CT molecular complexity index is 587. The second-order valence-electron chi connectivity index (χ2n) is 5.65. The van der Waals surface area contributed by atoms with Crippen molar-refractivity contribution in [2.24, 2.45) is 4.99 Å². The number of nitrogens with one attached hydrogen (secondary N) is 2. The molecule has 0 aliphatic carbocycles. The predicted molar refractivity (Wildman–Crippen MR) is 90.3 cm³/mol. The van der Waals surface area contributed by atoms with Gasteiger partial charge in [-0.25, -0.2) is 9.98 Å². The van der Waals surface area contributed by atoms with Gasteiger partial charge >= 0.3 is 0 Å². The molecule has 7 heteroatoms. The number of rotatable bonds is 8. The Balaban J connectivity index is 1.79. The fraction of sp³-hybridized carbons (Fsp3) is 0.562. The van der Waals surface area contributed by atoms with Crippen molar-refractivity contribution >= 4 is 5.96 Å². The lowest BCUT2D eigenvalue weighted by atomic mass is 10.1. The van der Waals surface area contributed by atoms with Crippen LogP contribution in [0.5, 0.6) is 0 Å². The molecule has 2 aromatic rings. The number of hydrogen-bond donors (Lipinski definition) is 2. The Labute approximate surface area is 137 Å². The zero-order valence-electron chi connectivity index (χ0n) is 14.1. The number of aryl methyl sites for hydroxylation is 1. The van der Waals surface area contributed by atoms with Crippen LogP contribution in [-0.2, 0) is 13.1 Å². The Kier molecular flexibility index (Phi) is 6.65. The lowest BCUT2D eigenvalue weighted by Gasteiger charge is -2.10. The van der Waals surface area contributed by atoms with Crippen molar-refractivity contribution in [1.29, 1.82) is 0 Å². The van der Waals surface area contributed by atoms with E-state index in [0.717, 1.165) is 43.5 Å². The molecule has 0 amide bonds. The average molecular weight is 318 g/mol. The molecule has 2 rings (SSSR count). The highest BCUT2D eigenvalue weighted by molar-refractivity contribution is 5.79. The van der Waals surface area contributed by atoms with Crippen molar-refractivity contribution in [3.8, 4) is 0 Å². The summed E-state index contributed by atoms with van der Waals surface area (Å²) in [5.74, 6) is 1.94. The quantitative estimate of drug-likeness (QED) is 0.443. The Morgan fingerprint density at radius 3 is 2.91 bits per heavy atom. The monoisotopic (exact) mass is 318 g/mol. The topological polar surface area (TPSA) is 80.3 Å². The molecule has 0 unspecified atom stereocenters. The third kappa shape index (κ3) is 5.77. The first-order valence-electron chi connectivity index (χ1n) is 8.12. The molecule has 0 spiro atoms. The Hall–Kier alpha value is -2.31. The summed E-state index contributed by atoms with van der Waals surface area (Å²) >= 11 is 0. The van der Waals surface area contributed by atoms with Crippen LogP contribution >= 0.6 is 0 Å². The number of imidazole rings is 1. The van der Waals surface area contributed by atoms with Gasteiger partial charge in [0.15, 0.2) is 11.7 Å². The number of guanidine groups is 1. The maximum Gasteiger partial charge on any atom is 0.191 e. The standard InChI is InChI=1S/C16H26N6O/c1-4-18-16(19-6-5-8-22-9-7-17-12-22)20-11-14-10-15(13(2)3)21-23-14/h7,9-10,12-13H,4-6,8,11H2,1-3H3,(H2,18,19,20). The van der Waals surface area contributed by atoms with E-state index in [-0.39, 0.29) is 0 Å². The SMILES string of the molecule is CCNC(=NCc1cc(C(C)C)no1)NCCCn1ccnc1. The largest absolute Gasteiger partial charge is 0.359 e. The number of hydrogen-bond acceptors (Lipinski definition) is 4. The summed E-state index contributed by atoms with van der Waals surface area (Å²) in [5.41, 5.74) is 0.966. The lowest BCUT2D eigenvalue weighted by Crippen LogP contribution is -2.38. The molecule has 0 aliphatic rings. The molecule has 2 aromatic heterocycles. The first kappa shape index (κ1) is 17.1. The molecule has 0 radical (unpaired) electrons. The van der Waals surface area contributed by atoms with Gasteiger partial charge in [0, 0.05) is 38.1 Å². The van der Waals surface area contributed by atoms with E-state index in [9.17, 15) is 0 Å². The van der Waals surface area contributed by atoms with Crippen molar-refractivity contribution < 1.29 is 4.52 Å². The van der Waals surface area contributed by atoms with Crippen LogP contribution in [0, 0.1) is 0 Å². The van der Waals surface area contributed by atoms with Gasteiger partial charge < -0.3 is 19.7 Å². The zero-order valence-corrected chi connectivity index (χ0v) is 14.1. The summed E-state index contributed by atoms with van der Waals surface area (Å²) in [4.78, 5) is 8.57. The van der Waals surface area contributed by atoms with Gasteiger partial charge in [-0.05, 0) is 19.3 Å². The Morgan fingerprint density at radius 2 is 2.26 bits per heavy atom. The molecule has 126 valence electrons. The molecule has 7 nitrogen and oxygen atoms in total. The van der Waals surface area contributed by atoms with Crippen molar-refractivity contribution in [3.05, 3.63) is 36.2 Å². The smallest absolute Gasteiger partial charge is 0.191 e. The normalized spacial score (nSPS) is 11.9. The van der Waals surface area contributed by atoms with Gasteiger partial charge in [0.25, 0.3) is 0 Å². The van der Waals surface area contributed by atoms with Crippen LogP contribution in [0.25, 0.3) is 0 Å². The Morgan fingerprint density at radius 1 is 1.39 bits per heavy atom. The minimum absolute atomic E-state index is 0.367. The van der Waals surface area contributed by atoms with E-state index in [4.69, 9.17) is 4.52 Å². The van der Waals surface area contributed by atoms with E-state index >= 15 is 0 Å². The number of nitrogens with zero attached hydrogens (tertiary/aromatic N) is 4. The van der Waals surface area contributed by atoms with Crippen molar-refractivity contribution in [3.63, 3.8) is 0 Å². The summed E-state index contributed by atoms with van der Waals surface area (Å²) < 4.78 is 7.37. The highest BCUT2D eigenvalue weighted by atomic mass is 16.5. The fourth-order valence-electron chi connectivity index (χ4n) is 2.06. The van der Waals surface area contributed by atoms with E-state index in [1.807, 2.05) is 25.5 Å². The van der Waals surface area contributed by atoms with Gasteiger partial charge in [-0.1, -0.05) is 19.0 Å². The average Bonchev–Trinajstić information content (AvgIpc) is 3.20. The zero-order chi connectivity index (χ0) is 16.5. The van der Waals surface area contributed by atoms with Crippen molar-refractivity contribution in [2.75, 3.05) is 13.1 Å². The van der Waals surface area contributed by atoms with Gasteiger partial charge in [0.05, 0.1) is 12.0 Å². The third-order valence-corrected chi connectivity index (χ3v) is 3.35. The first-order valence-corrected chi connectivity index (χ1v) is 8.12. The van der Waals surface area contributed by atoms with Gasteiger partial charge in [-0.2, -0.15) is 0 Å². The van der Waals surface area contributed by atoms with Gasteiger partial charge in [0.1, 0.15) is 6.54 Å². The maximum atomic E-state index is 5.31. The predicted octanol–water partition coefficient (Wildman–Crippen LogP) is 2.14. The van der Waals surface area contributed by atoms with Gasteiger partial charge in [-0.3, -0.25) is 0 Å². The van der Waals surface area contributed by atoms with Crippen molar-refractivity contribution in [1.82, 2.24) is 25.3 Å². The van der Waals surface area contributed by atoms with Gasteiger partial charge in [-0.15, -0.1) is 0 Å². The molecule has 2 N–H and O–H groups in total. The van der Waals surface area contributed by atoms with E-state index in [0.29, 0.717) is 12.5 Å². The molecule has 0 saturated carbocycles. The van der Waals surface area contributed by atoms with E-state index < -0.39 is 0 Å². The first-order chi connectivity index (χ1) is 11.2. The van der Waals surface area contributed by atoms with Crippen LogP contribution in [0.4, 0.5) is 0 Å². The van der Waals surface area contributed by atoms with E-state index in [2.05, 4.69) is 44.2 Å². The van der Waals surface area contributed by atoms with Crippen LogP contribution in [0.3, 0.4) is 0 Å². The molecule has 0 fully saturated rings. The molecule has 0 atom stereocenters. The molecule has 0 bridgehead atoms. The number of aromatic nitrogens is 3. The van der Waals surface area contributed by atoms with Crippen LogP contribution in [-0.4, -0.2) is 33.8 Å². The number of aliphatic imine (C=N–C) groups is 1. The minimum Gasteiger partial charge on any atom is -0.359 e. The lowest BCUT2D eigenvalue weighted by molar-refractivity contribution is 0.376. The highest BCUT2D eigenvalue weighted by Gasteiger charge is 2.07. The summed E-state index contributed by atoms with van der Waals surface area (Å²) in [7, 11) is 0. The van der Waals surface area contributed by atoms with Crippen LogP contribution in [0.1, 0.15) is 44.6 Å². The third-order valence-electron chi connectivity index (χ3n) is 3.35. The van der Waals surface area contributed by atoms with Crippen molar-refractivity contribution in [2.45, 2.75) is 46.2 Å². The second-order valence-corrected chi connectivity index (χ2v) is 5.65. The summed E-state index contributed by atoms with van der Waals surface area (Å²) in [5, 5.41) is 10.6. The van der Waals surface area contributed by atoms with E-state index in [1.54, 1.807) is 6.20 Å². The fourth-order valence-corrected chi connectivity index (χ4v) is 2.06. The molecular formula is C16H26N6O. The molecule has 0 saturated heterocycles. The second kappa shape index (κ2) is 8.97.